The van der Waals surface area contributed by atoms with Gasteiger partial charge in [-0.2, -0.15) is 0 Å². The first-order chi connectivity index (χ1) is 8.99. The molecule has 0 saturated heterocycles. The summed E-state index contributed by atoms with van der Waals surface area (Å²) >= 11 is 0. The van der Waals surface area contributed by atoms with Gasteiger partial charge in [-0.15, -0.1) is 6.58 Å². The quantitative estimate of drug-likeness (QED) is 0.695. The maximum Gasteiger partial charge on any atom is 0.0165 e. The van der Waals surface area contributed by atoms with Crippen LogP contribution in [-0.4, -0.2) is 48.6 Å². The Morgan fingerprint density at radius 1 is 1.26 bits per heavy atom. The highest BCUT2D eigenvalue weighted by Crippen LogP contribution is 2.05. The molecule has 0 aromatic carbocycles. The Balaban J connectivity index is 0.000000344. The van der Waals surface area contributed by atoms with Gasteiger partial charge >= 0.3 is 0 Å². The zero-order valence-corrected chi connectivity index (χ0v) is 13.7. The average Bonchev–Trinajstić information content (AvgIpc) is 2.65. The second-order valence-electron chi connectivity index (χ2n) is 5.85. The number of hydrogen-bond acceptors (Lipinski definition) is 2. The van der Waals surface area contributed by atoms with E-state index in [4.69, 9.17) is 0 Å². The van der Waals surface area contributed by atoms with E-state index in [1.54, 1.807) is 0 Å². The van der Waals surface area contributed by atoms with Crippen LogP contribution in [0.2, 0.25) is 0 Å². The minimum Gasteiger partial charge on any atom is -0.304 e. The van der Waals surface area contributed by atoms with Crippen LogP contribution in [0, 0.1) is 0 Å². The zero-order valence-electron chi connectivity index (χ0n) is 13.7. The molecule has 2 heteroatoms. The molecule has 0 aromatic rings. The van der Waals surface area contributed by atoms with Crippen LogP contribution in [0.1, 0.15) is 47.0 Å². The topological polar surface area (TPSA) is 6.48 Å². The van der Waals surface area contributed by atoms with Gasteiger partial charge in [-0.05, 0) is 60.5 Å². The molecule has 0 amide bonds. The molecule has 19 heavy (non-hydrogen) atoms. The number of hydrogen-bond donors (Lipinski definition) is 0. The molecule has 0 spiro atoms. The van der Waals surface area contributed by atoms with Gasteiger partial charge in [-0.25, -0.2) is 0 Å². The third-order valence-electron chi connectivity index (χ3n) is 3.62. The molecule has 2 nitrogen and oxygen atoms in total. The monoisotopic (exact) mass is 266 g/mol. The third-order valence-corrected chi connectivity index (χ3v) is 3.62. The van der Waals surface area contributed by atoms with E-state index in [0.717, 1.165) is 19.5 Å². The molecule has 0 aromatic heterocycles. The van der Waals surface area contributed by atoms with Crippen molar-refractivity contribution in [2.45, 2.75) is 59.0 Å². The fraction of sp³-hybridized carbons (Fsp3) is 0.765. The van der Waals surface area contributed by atoms with E-state index < -0.39 is 0 Å². The Hall–Kier alpha value is -0.600. The van der Waals surface area contributed by atoms with Crippen molar-refractivity contribution in [1.29, 1.82) is 0 Å². The normalized spacial score (nSPS) is 16.4. The van der Waals surface area contributed by atoms with Crippen molar-refractivity contribution in [2.75, 3.05) is 26.7 Å². The molecule has 0 N–H and O–H groups in total. The maximum atomic E-state index is 3.67. The van der Waals surface area contributed by atoms with Gasteiger partial charge < -0.3 is 4.90 Å². The summed E-state index contributed by atoms with van der Waals surface area (Å²) in [6.45, 7) is 16.1. The predicted octanol–water partition coefficient (Wildman–Crippen LogP) is 3.95. The Morgan fingerprint density at radius 3 is 2.47 bits per heavy atom. The summed E-state index contributed by atoms with van der Waals surface area (Å²) < 4.78 is 0. The van der Waals surface area contributed by atoms with E-state index in [-0.39, 0.29) is 0 Å². The molecule has 0 atom stereocenters. The van der Waals surface area contributed by atoms with E-state index in [9.17, 15) is 0 Å². The van der Waals surface area contributed by atoms with Crippen molar-refractivity contribution in [2.24, 2.45) is 0 Å². The highest BCUT2D eigenvalue weighted by atomic mass is 15.1. The van der Waals surface area contributed by atoms with Crippen LogP contribution in [-0.2, 0) is 0 Å². The molecule has 0 unspecified atom stereocenters. The van der Waals surface area contributed by atoms with Gasteiger partial charge in [0, 0.05) is 25.2 Å². The van der Waals surface area contributed by atoms with Crippen molar-refractivity contribution in [3.05, 3.63) is 24.8 Å². The first-order valence-electron chi connectivity index (χ1n) is 7.69. The SMILES string of the molecule is C=CCCN(C)C(C)C.CC(C)N1CC=CCCC1. The smallest absolute Gasteiger partial charge is 0.0165 e. The highest BCUT2D eigenvalue weighted by molar-refractivity contribution is 4.89. The van der Waals surface area contributed by atoms with Crippen LogP contribution in [0.25, 0.3) is 0 Å². The summed E-state index contributed by atoms with van der Waals surface area (Å²) in [4.78, 5) is 4.81. The molecule has 0 fully saturated rings. The van der Waals surface area contributed by atoms with E-state index in [1.807, 2.05) is 6.08 Å². The Kier molecular flexibility index (Phi) is 10.9. The number of allylic oxidation sites excluding steroid dienone is 1. The van der Waals surface area contributed by atoms with Crippen LogP contribution in [0.15, 0.2) is 24.8 Å². The molecular formula is C17H34N2. The van der Waals surface area contributed by atoms with Crippen LogP contribution < -0.4 is 0 Å². The summed E-state index contributed by atoms with van der Waals surface area (Å²) in [5.74, 6) is 0. The Bertz CT molecular complexity index is 244. The molecule has 0 bridgehead atoms. The van der Waals surface area contributed by atoms with E-state index in [1.165, 1.54) is 19.4 Å². The van der Waals surface area contributed by atoms with Gasteiger partial charge in [0.15, 0.2) is 0 Å². The predicted molar refractivity (Wildman–Crippen MR) is 87.7 cm³/mol. The largest absolute Gasteiger partial charge is 0.304 e. The maximum absolute atomic E-state index is 3.67. The number of nitrogens with zero attached hydrogens (tertiary/aromatic N) is 2. The van der Waals surface area contributed by atoms with Gasteiger partial charge in [-0.1, -0.05) is 18.2 Å². The lowest BCUT2D eigenvalue weighted by atomic mass is 10.3. The first kappa shape index (κ1) is 18.4. The molecule has 1 heterocycles. The number of rotatable bonds is 5. The van der Waals surface area contributed by atoms with Crippen molar-refractivity contribution >= 4 is 0 Å². The second-order valence-corrected chi connectivity index (χ2v) is 5.85. The molecule has 112 valence electrons. The molecule has 1 rings (SSSR count). The zero-order chi connectivity index (χ0) is 14.7. The van der Waals surface area contributed by atoms with Gasteiger partial charge in [0.1, 0.15) is 0 Å². The molecule has 0 radical (unpaired) electrons. The lowest BCUT2D eigenvalue weighted by molar-refractivity contribution is 0.248. The van der Waals surface area contributed by atoms with Crippen LogP contribution >= 0.6 is 0 Å². The summed E-state index contributed by atoms with van der Waals surface area (Å²) in [5.41, 5.74) is 0. The first-order valence-corrected chi connectivity index (χ1v) is 7.69. The lowest BCUT2D eigenvalue weighted by Gasteiger charge is -2.23. The lowest BCUT2D eigenvalue weighted by Crippen LogP contribution is -2.31. The Morgan fingerprint density at radius 2 is 1.95 bits per heavy atom. The standard InChI is InChI=1S/C9H17N.C8H17N/c1-9(2)10-7-5-3-4-6-8-10;1-5-6-7-9(4)8(2)3/h3,5,9H,4,6-8H2,1-2H3;5,8H,1,6-7H2,2-4H3. The van der Waals surface area contributed by atoms with Gasteiger partial charge in [-0.3, -0.25) is 4.90 Å². The molecular weight excluding hydrogens is 232 g/mol. The fourth-order valence-electron chi connectivity index (χ4n) is 1.85. The highest BCUT2D eigenvalue weighted by Gasteiger charge is 2.07. The van der Waals surface area contributed by atoms with Crippen molar-refractivity contribution in [3.63, 3.8) is 0 Å². The second kappa shape index (κ2) is 11.2. The summed E-state index contributed by atoms with van der Waals surface area (Å²) in [6, 6.07) is 1.37. The minimum absolute atomic E-state index is 0.657. The van der Waals surface area contributed by atoms with Gasteiger partial charge in [0.25, 0.3) is 0 Å². The van der Waals surface area contributed by atoms with Crippen molar-refractivity contribution < 1.29 is 0 Å². The van der Waals surface area contributed by atoms with Crippen molar-refractivity contribution in [3.8, 4) is 0 Å². The third kappa shape index (κ3) is 9.92. The van der Waals surface area contributed by atoms with E-state index in [2.05, 4.69) is 63.3 Å². The van der Waals surface area contributed by atoms with Gasteiger partial charge in [0.05, 0.1) is 0 Å². The summed E-state index contributed by atoms with van der Waals surface area (Å²) in [7, 11) is 2.13. The van der Waals surface area contributed by atoms with E-state index >= 15 is 0 Å². The summed E-state index contributed by atoms with van der Waals surface area (Å²) in [6.07, 6.45) is 10.2. The Labute approximate surface area is 121 Å². The van der Waals surface area contributed by atoms with Gasteiger partial charge in [0.2, 0.25) is 0 Å². The van der Waals surface area contributed by atoms with Crippen LogP contribution in [0.4, 0.5) is 0 Å². The molecule has 0 aliphatic carbocycles. The minimum atomic E-state index is 0.657. The molecule has 1 aliphatic rings. The fourth-order valence-corrected chi connectivity index (χ4v) is 1.85. The van der Waals surface area contributed by atoms with Crippen LogP contribution in [0.3, 0.4) is 0 Å². The average molecular weight is 266 g/mol. The molecule has 0 saturated carbocycles. The van der Waals surface area contributed by atoms with Crippen molar-refractivity contribution in [1.82, 2.24) is 9.80 Å². The molecule has 1 aliphatic heterocycles. The summed E-state index contributed by atoms with van der Waals surface area (Å²) in [5, 5.41) is 0. The van der Waals surface area contributed by atoms with Crippen LogP contribution in [0.5, 0.6) is 0 Å². The van der Waals surface area contributed by atoms with E-state index in [0.29, 0.717) is 12.1 Å².